The number of hydrogen-bond donors (Lipinski definition) is 1. The lowest BCUT2D eigenvalue weighted by molar-refractivity contribution is -0.138. The van der Waals surface area contributed by atoms with Gasteiger partial charge in [-0.15, -0.1) is 0 Å². The molecule has 0 saturated carbocycles. The van der Waals surface area contributed by atoms with Crippen molar-refractivity contribution in [3.8, 4) is 0 Å². The maximum atomic E-state index is 10.1. The van der Waals surface area contributed by atoms with Crippen LogP contribution in [0.1, 0.15) is 25.3 Å². The number of carbonyl (C=O) groups is 2. The Labute approximate surface area is 100 Å². The summed E-state index contributed by atoms with van der Waals surface area (Å²) in [7, 11) is 0. The van der Waals surface area contributed by atoms with E-state index in [2.05, 4.69) is 0 Å². The predicted octanol–water partition coefficient (Wildman–Crippen LogP) is 3.09. The summed E-state index contributed by atoms with van der Waals surface area (Å²) in [5, 5.41) is 8.81. The summed E-state index contributed by atoms with van der Waals surface area (Å²) in [5.74, 6) is -0.993. The maximum Gasteiger partial charge on any atom is 0.303 e. The molecule has 0 aliphatic rings. The van der Waals surface area contributed by atoms with Crippen molar-refractivity contribution in [1.82, 2.24) is 0 Å². The molecule has 0 spiro atoms. The Bertz CT molecular complexity index is 309. The summed E-state index contributed by atoms with van der Waals surface area (Å²) in [4.78, 5) is 19.8. The minimum absolute atomic E-state index is 0.0463. The molecule has 0 bridgehead atoms. The van der Waals surface area contributed by atoms with Gasteiger partial charge in [-0.3, -0.25) is 4.79 Å². The number of Topliss-reactive ketones (excluding diaryl/α,β-unsaturated/α-hetero) is 1. The van der Waals surface area contributed by atoms with E-state index in [1.807, 2.05) is 31.2 Å². The van der Waals surface area contributed by atoms with Gasteiger partial charge in [-0.1, -0.05) is 29.3 Å². The summed E-state index contributed by atoms with van der Waals surface area (Å²) in [5.41, 5.74) is 1.24. The first-order valence-corrected chi connectivity index (χ1v) is 5.23. The van der Waals surface area contributed by atoms with Crippen molar-refractivity contribution >= 4 is 23.4 Å². The zero-order valence-corrected chi connectivity index (χ0v) is 10.1. The monoisotopic (exact) mass is 242 g/mol. The first kappa shape index (κ1) is 14.6. The van der Waals surface area contributed by atoms with Gasteiger partial charge in [0.05, 0.1) is 6.42 Å². The lowest BCUT2D eigenvalue weighted by Gasteiger charge is -1.88. The number of carboxylic acid groups (broad SMARTS) is 1. The van der Waals surface area contributed by atoms with Crippen molar-refractivity contribution in [2.45, 2.75) is 26.7 Å². The molecule has 88 valence electrons. The maximum absolute atomic E-state index is 10.1. The zero-order chi connectivity index (χ0) is 12.6. The Morgan fingerprint density at radius 1 is 1.19 bits per heavy atom. The molecule has 1 aromatic rings. The largest absolute Gasteiger partial charge is 0.481 e. The minimum atomic E-state index is -0.916. The van der Waals surface area contributed by atoms with Crippen molar-refractivity contribution in [2.75, 3.05) is 0 Å². The van der Waals surface area contributed by atoms with E-state index in [1.165, 1.54) is 12.5 Å². The van der Waals surface area contributed by atoms with Crippen LogP contribution < -0.4 is 0 Å². The van der Waals surface area contributed by atoms with Crippen molar-refractivity contribution in [2.24, 2.45) is 0 Å². The summed E-state index contributed by atoms with van der Waals surface area (Å²) in [6.07, 6.45) is 0.102. The quantitative estimate of drug-likeness (QED) is 0.886. The van der Waals surface area contributed by atoms with Crippen molar-refractivity contribution in [3.63, 3.8) is 0 Å². The molecular weight excluding hydrogens is 228 g/mol. The zero-order valence-electron chi connectivity index (χ0n) is 9.37. The van der Waals surface area contributed by atoms with Gasteiger partial charge in [0.15, 0.2) is 0 Å². The number of rotatable bonds is 3. The third-order valence-corrected chi connectivity index (χ3v) is 1.95. The number of benzene rings is 1. The molecule has 16 heavy (non-hydrogen) atoms. The van der Waals surface area contributed by atoms with Gasteiger partial charge in [-0.05, 0) is 26.0 Å². The highest BCUT2D eigenvalue weighted by molar-refractivity contribution is 6.30. The number of carbonyl (C=O) groups excluding carboxylic acids is 1. The Morgan fingerprint density at radius 2 is 1.69 bits per heavy atom. The van der Waals surface area contributed by atoms with Crippen LogP contribution in [-0.2, 0) is 9.59 Å². The summed E-state index contributed by atoms with van der Waals surface area (Å²) in [6.45, 7) is 3.42. The van der Waals surface area contributed by atoms with Crippen molar-refractivity contribution < 1.29 is 14.7 Å². The number of ketones is 1. The van der Waals surface area contributed by atoms with E-state index in [-0.39, 0.29) is 18.6 Å². The van der Waals surface area contributed by atoms with Crippen LogP contribution in [-0.4, -0.2) is 16.9 Å². The molecule has 1 N–H and O–H groups in total. The standard InChI is InChI=1S/C7H7Cl.C5H8O3/c1-6-2-4-7(8)5-3-6;1-4(6)2-3-5(7)8/h2-5H,1H3;2-3H2,1H3,(H,7,8). The highest BCUT2D eigenvalue weighted by atomic mass is 35.5. The van der Waals surface area contributed by atoms with Gasteiger partial charge in [0.25, 0.3) is 0 Å². The normalized spacial score (nSPS) is 8.94. The SMILES string of the molecule is CC(=O)CCC(=O)O.Cc1ccc(Cl)cc1. The van der Waals surface area contributed by atoms with Crippen LogP contribution >= 0.6 is 11.6 Å². The lowest BCUT2D eigenvalue weighted by Crippen LogP contribution is -1.98. The van der Waals surface area contributed by atoms with Gasteiger partial charge in [-0.2, -0.15) is 0 Å². The second-order valence-corrected chi connectivity index (χ2v) is 3.83. The average molecular weight is 243 g/mol. The minimum Gasteiger partial charge on any atom is -0.481 e. The Morgan fingerprint density at radius 3 is 1.94 bits per heavy atom. The predicted molar refractivity (Wildman–Crippen MR) is 63.7 cm³/mol. The first-order chi connectivity index (χ1) is 7.41. The third-order valence-electron chi connectivity index (χ3n) is 1.70. The molecule has 4 heteroatoms. The number of hydrogen-bond acceptors (Lipinski definition) is 2. The van der Waals surface area contributed by atoms with E-state index >= 15 is 0 Å². The van der Waals surface area contributed by atoms with Gasteiger partial charge >= 0.3 is 5.97 Å². The number of aliphatic carboxylic acids is 1. The Balaban J connectivity index is 0.000000281. The first-order valence-electron chi connectivity index (χ1n) is 4.85. The van der Waals surface area contributed by atoms with E-state index in [0.717, 1.165) is 5.02 Å². The topological polar surface area (TPSA) is 54.4 Å². The second-order valence-electron chi connectivity index (χ2n) is 3.39. The molecule has 0 atom stereocenters. The lowest BCUT2D eigenvalue weighted by atomic mass is 10.2. The molecule has 0 amide bonds. The molecule has 0 saturated heterocycles. The van der Waals surface area contributed by atoms with Crippen LogP contribution in [0.2, 0.25) is 5.02 Å². The molecule has 0 fully saturated rings. The van der Waals surface area contributed by atoms with Crippen LogP contribution in [0.15, 0.2) is 24.3 Å². The molecule has 0 aliphatic carbocycles. The van der Waals surface area contributed by atoms with Crippen LogP contribution in [0.3, 0.4) is 0 Å². The van der Waals surface area contributed by atoms with Gasteiger partial charge < -0.3 is 9.90 Å². The van der Waals surface area contributed by atoms with E-state index in [9.17, 15) is 9.59 Å². The Hall–Kier alpha value is -1.35. The molecule has 0 unspecified atom stereocenters. The number of carboxylic acids is 1. The smallest absolute Gasteiger partial charge is 0.303 e. The molecular formula is C12H15ClO3. The van der Waals surface area contributed by atoms with Crippen LogP contribution in [0.5, 0.6) is 0 Å². The second kappa shape index (κ2) is 7.88. The summed E-state index contributed by atoms with van der Waals surface area (Å²) < 4.78 is 0. The van der Waals surface area contributed by atoms with Crippen molar-refractivity contribution in [1.29, 1.82) is 0 Å². The van der Waals surface area contributed by atoms with Crippen LogP contribution in [0.25, 0.3) is 0 Å². The molecule has 1 aromatic carbocycles. The van der Waals surface area contributed by atoms with Crippen LogP contribution in [0.4, 0.5) is 0 Å². The fourth-order valence-electron chi connectivity index (χ4n) is 0.816. The molecule has 3 nitrogen and oxygen atoms in total. The number of halogens is 1. The van der Waals surface area contributed by atoms with E-state index in [4.69, 9.17) is 16.7 Å². The average Bonchev–Trinajstić information content (AvgIpc) is 2.20. The molecule has 1 rings (SSSR count). The third kappa shape index (κ3) is 9.21. The highest BCUT2D eigenvalue weighted by Gasteiger charge is 1.97. The fraction of sp³-hybridized carbons (Fsp3) is 0.333. The van der Waals surface area contributed by atoms with Crippen LogP contribution in [0, 0.1) is 6.92 Å². The van der Waals surface area contributed by atoms with Gasteiger partial charge in [-0.25, -0.2) is 0 Å². The van der Waals surface area contributed by atoms with E-state index in [1.54, 1.807) is 0 Å². The molecule has 0 heterocycles. The van der Waals surface area contributed by atoms with Gasteiger partial charge in [0, 0.05) is 11.4 Å². The molecule has 0 radical (unpaired) electrons. The highest BCUT2D eigenvalue weighted by Crippen LogP contribution is 2.07. The van der Waals surface area contributed by atoms with Gasteiger partial charge in [0.2, 0.25) is 0 Å². The summed E-state index contributed by atoms with van der Waals surface area (Å²) >= 11 is 5.61. The van der Waals surface area contributed by atoms with E-state index in [0.29, 0.717) is 0 Å². The van der Waals surface area contributed by atoms with Crippen molar-refractivity contribution in [3.05, 3.63) is 34.9 Å². The van der Waals surface area contributed by atoms with E-state index < -0.39 is 5.97 Å². The fourth-order valence-corrected chi connectivity index (χ4v) is 0.942. The number of aryl methyl sites for hydroxylation is 1. The van der Waals surface area contributed by atoms with Gasteiger partial charge in [0.1, 0.15) is 5.78 Å². The summed E-state index contributed by atoms with van der Waals surface area (Å²) in [6, 6.07) is 7.75. The Kier molecular flexibility index (Phi) is 7.21. The molecule has 0 aromatic heterocycles. The molecule has 0 aliphatic heterocycles.